The van der Waals surface area contributed by atoms with Gasteiger partial charge in [-0.1, -0.05) is 33.1 Å². The van der Waals surface area contributed by atoms with Crippen molar-refractivity contribution in [2.45, 2.75) is 52.0 Å². The summed E-state index contributed by atoms with van der Waals surface area (Å²) in [5.74, 6) is 2.71. The maximum Gasteiger partial charge on any atom is 0.0220 e. The van der Waals surface area contributed by atoms with Crippen molar-refractivity contribution < 1.29 is 0 Å². The average molecular weight is 238 g/mol. The fourth-order valence-electron chi connectivity index (χ4n) is 3.69. The van der Waals surface area contributed by atoms with Crippen LogP contribution in [0.4, 0.5) is 0 Å². The van der Waals surface area contributed by atoms with Gasteiger partial charge in [-0.25, -0.2) is 0 Å². The monoisotopic (exact) mass is 238 g/mol. The zero-order valence-electron chi connectivity index (χ0n) is 11.9. The topological polar surface area (TPSA) is 15.3 Å². The van der Waals surface area contributed by atoms with E-state index in [0.29, 0.717) is 0 Å². The van der Waals surface area contributed by atoms with Crippen molar-refractivity contribution in [3.05, 3.63) is 0 Å². The molecule has 17 heavy (non-hydrogen) atoms. The first-order valence-corrected chi connectivity index (χ1v) is 7.60. The minimum Gasteiger partial charge on any atom is -0.315 e. The number of rotatable bonds is 4. The molecule has 3 atom stereocenters. The molecule has 1 saturated heterocycles. The van der Waals surface area contributed by atoms with E-state index in [2.05, 4.69) is 31.1 Å². The van der Waals surface area contributed by atoms with Crippen LogP contribution in [0.25, 0.3) is 0 Å². The van der Waals surface area contributed by atoms with Gasteiger partial charge in [-0.2, -0.15) is 0 Å². The molecule has 0 spiro atoms. The number of likely N-dealkylation sites (N-methyl/N-ethyl adjacent to an activating group) is 1. The van der Waals surface area contributed by atoms with Crippen molar-refractivity contribution in [2.75, 3.05) is 26.7 Å². The Bertz CT molecular complexity index is 213. The van der Waals surface area contributed by atoms with Crippen molar-refractivity contribution in [1.82, 2.24) is 10.2 Å². The molecule has 2 aliphatic rings. The molecule has 2 fully saturated rings. The first-order chi connectivity index (χ1) is 8.20. The molecule has 0 amide bonds. The zero-order chi connectivity index (χ0) is 12.3. The smallest absolute Gasteiger partial charge is 0.0220 e. The predicted molar refractivity (Wildman–Crippen MR) is 74.2 cm³/mol. The Morgan fingerprint density at radius 3 is 2.18 bits per heavy atom. The first kappa shape index (κ1) is 13.4. The highest BCUT2D eigenvalue weighted by molar-refractivity contribution is 4.85. The van der Waals surface area contributed by atoms with Gasteiger partial charge < -0.3 is 10.2 Å². The van der Waals surface area contributed by atoms with E-state index in [0.717, 1.165) is 23.8 Å². The Morgan fingerprint density at radius 2 is 1.65 bits per heavy atom. The van der Waals surface area contributed by atoms with Crippen LogP contribution < -0.4 is 5.32 Å². The fraction of sp³-hybridized carbons (Fsp3) is 1.00. The van der Waals surface area contributed by atoms with Crippen LogP contribution in [0.15, 0.2) is 0 Å². The molecular weight excluding hydrogens is 208 g/mol. The van der Waals surface area contributed by atoms with Gasteiger partial charge in [-0.05, 0) is 37.6 Å². The number of nitrogens with one attached hydrogen (secondary N) is 1. The summed E-state index contributed by atoms with van der Waals surface area (Å²) in [7, 11) is 2.15. The summed E-state index contributed by atoms with van der Waals surface area (Å²) in [6.45, 7) is 8.70. The molecule has 1 N–H and O–H groups in total. The molecule has 1 heterocycles. The summed E-state index contributed by atoms with van der Waals surface area (Å²) in [5, 5.41) is 3.59. The van der Waals surface area contributed by atoms with Gasteiger partial charge in [-0.15, -0.1) is 0 Å². The van der Waals surface area contributed by atoms with E-state index >= 15 is 0 Å². The summed E-state index contributed by atoms with van der Waals surface area (Å²) in [5.41, 5.74) is 0. The Balaban J connectivity index is 1.82. The van der Waals surface area contributed by atoms with Crippen molar-refractivity contribution >= 4 is 0 Å². The second-order valence-electron chi connectivity index (χ2n) is 6.47. The molecule has 2 nitrogen and oxygen atoms in total. The fourth-order valence-corrected chi connectivity index (χ4v) is 3.69. The van der Waals surface area contributed by atoms with Gasteiger partial charge in [0, 0.05) is 25.7 Å². The Labute approximate surface area is 107 Å². The number of hydrogen-bond donors (Lipinski definition) is 1. The predicted octanol–water partition coefficient (Wildman–Crippen LogP) is 2.74. The number of nitrogens with zero attached hydrogens (tertiary/aromatic N) is 1. The highest BCUT2D eigenvalue weighted by Crippen LogP contribution is 2.28. The molecule has 1 saturated carbocycles. The van der Waals surface area contributed by atoms with Gasteiger partial charge in [0.05, 0.1) is 0 Å². The van der Waals surface area contributed by atoms with Gasteiger partial charge in [0.25, 0.3) is 0 Å². The van der Waals surface area contributed by atoms with Gasteiger partial charge >= 0.3 is 0 Å². The SMILES string of the molecule is CNC(CN1CC(C)C(C)C1)C1CCCCC1. The van der Waals surface area contributed by atoms with E-state index in [1.54, 1.807) is 0 Å². The standard InChI is InChI=1S/C15H30N2/c1-12-9-17(10-13(12)2)11-15(16-3)14-7-5-4-6-8-14/h12-16H,4-11H2,1-3H3. The molecule has 0 radical (unpaired) electrons. The quantitative estimate of drug-likeness (QED) is 0.810. The van der Waals surface area contributed by atoms with Crippen LogP contribution in [0, 0.1) is 17.8 Å². The van der Waals surface area contributed by atoms with Crippen molar-refractivity contribution in [3.63, 3.8) is 0 Å². The highest BCUT2D eigenvalue weighted by Gasteiger charge is 2.30. The maximum absolute atomic E-state index is 3.59. The lowest BCUT2D eigenvalue weighted by Crippen LogP contribution is -2.44. The van der Waals surface area contributed by atoms with Crippen LogP contribution in [0.1, 0.15) is 46.0 Å². The van der Waals surface area contributed by atoms with Crippen LogP contribution in [-0.4, -0.2) is 37.6 Å². The van der Waals surface area contributed by atoms with Gasteiger partial charge in [0.1, 0.15) is 0 Å². The molecule has 1 aliphatic heterocycles. The lowest BCUT2D eigenvalue weighted by molar-refractivity contribution is 0.207. The van der Waals surface area contributed by atoms with E-state index < -0.39 is 0 Å². The minimum atomic E-state index is 0.729. The van der Waals surface area contributed by atoms with Crippen molar-refractivity contribution in [1.29, 1.82) is 0 Å². The lowest BCUT2D eigenvalue weighted by atomic mass is 9.83. The summed E-state index contributed by atoms with van der Waals surface area (Å²) in [6.07, 6.45) is 7.27. The summed E-state index contributed by atoms with van der Waals surface area (Å²) < 4.78 is 0. The normalized spacial score (nSPS) is 34.1. The lowest BCUT2D eigenvalue weighted by Gasteiger charge is -2.33. The Morgan fingerprint density at radius 1 is 1.06 bits per heavy atom. The molecule has 100 valence electrons. The third-order valence-corrected chi connectivity index (χ3v) is 5.11. The van der Waals surface area contributed by atoms with Crippen LogP contribution in [0.3, 0.4) is 0 Å². The molecule has 0 aromatic heterocycles. The molecule has 2 rings (SSSR count). The number of likely N-dealkylation sites (tertiary alicyclic amines) is 1. The van der Waals surface area contributed by atoms with Crippen LogP contribution >= 0.6 is 0 Å². The molecule has 0 aromatic rings. The Kier molecular flexibility index (Phi) is 4.87. The third-order valence-electron chi connectivity index (χ3n) is 5.11. The Hall–Kier alpha value is -0.0800. The van der Waals surface area contributed by atoms with Crippen molar-refractivity contribution in [3.8, 4) is 0 Å². The zero-order valence-corrected chi connectivity index (χ0v) is 11.9. The largest absolute Gasteiger partial charge is 0.315 e. The van der Waals surface area contributed by atoms with Gasteiger partial charge in [-0.3, -0.25) is 0 Å². The molecular formula is C15H30N2. The molecule has 0 bridgehead atoms. The molecule has 3 unspecified atom stereocenters. The summed E-state index contributed by atoms with van der Waals surface area (Å²) in [6, 6.07) is 0.729. The minimum absolute atomic E-state index is 0.729. The second kappa shape index (κ2) is 6.19. The third kappa shape index (κ3) is 3.45. The first-order valence-electron chi connectivity index (χ1n) is 7.60. The second-order valence-corrected chi connectivity index (χ2v) is 6.47. The number of hydrogen-bond acceptors (Lipinski definition) is 2. The van der Waals surface area contributed by atoms with E-state index in [1.165, 1.54) is 51.7 Å². The van der Waals surface area contributed by atoms with Gasteiger partial charge in [0.2, 0.25) is 0 Å². The van der Waals surface area contributed by atoms with Gasteiger partial charge in [0.15, 0.2) is 0 Å². The van der Waals surface area contributed by atoms with Crippen molar-refractivity contribution in [2.24, 2.45) is 17.8 Å². The van der Waals surface area contributed by atoms with Crippen LogP contribution in [0.5, 0.6) is 0 Å². The van der Waals surface area contributed by atoms with E-state index in [1.807, 2.05) is 0 Å². The summed E-state index contributed by atoms with van der Waals surface area (Å²) >= 11 is 0. The maximum atomic E-state index is 3.59. The average Bonchev–Trinajstić information content (AvgIpc) is 2.67. The molecule has 1 aliphatic carbocycles. The van der Waals surface area contributed by atoms with Crippen LogP contribution in [0.2, 0.25) is 0 Å². The van der Waals surface area contributed by atoms with E-state index in [9.17, 15) is 0 Å². The van der Waals surface area contributed by atoms with E-state index in [4.69, 9.17) is 0 Å². The highest BCUT2D eigenvalue weighted by atomic mass is 15.2. The van der Waals surface area contributed by atoms with Crippen LogP contribution in [-0.2, 0) is 0 Å². The van der Waals surface area contributed by atoms with E-state index in [-0.39, 0.29) is 0 Å². The molecule has 0 aromatic carbocycles. The molecule has 2 heteroatoms. The summed E-state index contributed by atoms with van der Waals surface area (Å²) in [4.78, 5) is 2.69.